The molecular weight excluding hydrogens is 509 g/mol. The lowest BCUT2D eigenvalue weighted by molar-refractivity contribution is 0.0376. The van der Waals surface area contributed by atoms with E-state index in [1.165, 1.54) is 11.3 Å². The highest BCUT2D eigenvalue weighted by Crippen LogP contribution is 2.34. The van der Waals surface area contributed by atoms with E-state index in [0.717, 1.165) is 48.4 Å². The standard InChI is InChI=1S/C21H20BrCl2N3O2S/c22-14-5-6-16(23)15(13-14)20(28)27(8-2-7-26-9-11-29-12-10-26)21-25-19-17(24)3-1-4-18(19)30-21/h1,3-6,13H,2,7-12H2. The van der Waals surface area contributed by atoms with Gasteiger partial charge in [-0.3, -0.25) is 14.6 Å². The van der Waals surface area contributed by atoms with Crippen LogP contribution in [-0.4, -0.2) is 55.2 Å². The average Bonchev–Trinajstić information content (AvgIpc) is 3.18. The first kappa shape index (κ1) is 22.0. The van der Waals surface area contributed by atoms with Gasteiger partial charge in [-0.05, 0) is 36.8 Å². The van der Waals surface area contributed by atoms with E-state index in [0.29, 0.717) is 32.8 Å². The van der Waals surface area contributed by atoms with Crippen molar-refractivity contribution in [2.24, 2.45) is 0 Å². The average molecular weight is 529 g/mol. The highest BCUT2D eigenvalue weighted by Gasteiger charge is 2.24. The number of rotatable bonds is 6. The molecule has 9 heteroatoms. The smallest absolute Gasteiger partial charge is 0.261 e. The number of amides is 1. The van der Waals surface area contributed by atoms with Crippen molar-refractivity contribution in [3.8, 4) is 0 Å². The molecule has 1 fully saturated rings. The summed E-state index contributed by atoms with van der Waals surface area (Å²) in [6.45, 7) is 4.78. The SMILES string of the molecule is O=C(c1cc(Br)ccc1Cl)N(CCCN1CCOCC1)c1nc2c(Cl)cccc2s1. The number of fused-ring (bicyclic) bond motifs is 1. The van der Waals surface area contributed by atoms with E-state index in [1.54, 1.807) is 17.0 Å². The van der Waals surface area contributed by atoms with Gasteiger partial charge in [0.05, 0.1) is 33.5 Å². The first-order valence-electron chi connectivity index (χ1n) is 9.65. The molecule has 0 spiro atoms. The first-order chi connectivity index (χ1) is 14.5. The number of ether oxygens (including phenoxy) is 1. The van der Waals surface area contributed by atoms with Gasteiger partial charge in [0, 0.05) is 30.7 Å². The lowest BCUT2D eigenvalue weighted by atomic mass is 10.2. The first-order valence-corrected chi connectivity index (χ1v) is 12.0. The number of thiazole rings is 1. The topological polar surface area (TPSA) is 45.7 Å². The summed E-state index contributed by atoms with van der Waals surface area (Å²) in [5.74, 6) is -0.168. The molecule has 0 radical (unpaired) electrons. The van der Waals surface area contributed by atoms with E-state index < -0.39 is 0 Å². The molecule has 158 valence electrons. The number of halogens is 3. The van der Waals surface area contributed by atoms with Crippen LogP contribution in [0.2, 0.25) is 10.0 Å². The number of carbonyl (C=O) groups excluding carboxylic acids is 1. The molecule has 1 aliphatic heterocycles. The zero-order valence-corrected chi connectivity index (χ0v) is 20.0. The summed E-state index contributed by atoms with van der Waals surface area (Å²) in [4.78, 5) is 22.2. The fraction of sp³-hybridized carbons (Fsp3) is 0.333. The van der Waals surface area contributed by atoms with Crippen LogP contribution < -0.4 is 4.90 Å². The predicted octanol–water partition coefficient (Wildman–Crippen LogP) is 5.73. The van der Waals surface area contributed by atoms with Gasteiger partial charge < -0.3 is 4.74 Å². The van der Waals surface area contributed by atoms with Crippen molar-refractivity contribution in [3.05, 3.63) is 56.5 Å². The largest absolute Gasteiger partial charge is 0.379 e. The molecule has 0 unspecified atom stereocenters. The van der Waals surface area contributed by atoms with Crippen LogP contribution in [0.25, 0.3) is 10.2 Å². The Labute approximate surface area is 197 Å². The van der Waals surface area contributed by atoms with Gasteiger partial charge in [0.25, 0.3) is 5.91 Å². The monoisotopic (exact) mass is 527 g/mol. The van der Waals surface area contributed by atoms with E-state index in [-0.39, 0.29) is 5.91 Å². The van der Waals surface area contributed by atoms with E-state index in [9.17, 15) is 4.79 Å². The quantitative estimate of drug-likeness (QED) is 0.409. The minimum atomic E-state index is -0.168. The summed E-state index contributed by atoms with van der Waals surface area (Å²) in [6, 6.07) is 11.0. The molecule has 0 aliphatic carbocycles. The van der Waals surface area contributed by atoms with Gasteiger partial charge >= 0.3 is 0 Å². The normalized spacial score (nSPS) is 14.9. The zero-order valence-electron chi connectivity index (χ0n) is 16.1. The van der Waals surface area contributed by atoms with Crippen molar-refractivity contribution in [2.75, 3.05) is 44.3 Å². The van der Waals surface area contributed by atoms with E-state index in [4.69, 9.17) is 27.9 Å². The Balaban J connectivity index is 1.62. The molecule has 1 amide bonds. The van der Waals surface area contributed by atoms with Crippen LogP contribution in [0.1, 0.15) is 16.8 Å². The van der Waals surface area contributed by atoms with E-state index in [2.05, 4.69) is 25.8 Å². The number of nitrogens with zero attached hydrogens (tertiary/aromatic N) is 3. The fourth-order valence-electron chi connectivity index (χ4n) is 3.39. The highest BCUT2D eigenvalue weighted by molar-refractivity contribution is 9.10. The van der Waals surface area contributed by atoms with Gasteiger partial charge in [-0.1, -0.05) is 56.5 Å². The Hall–Kier alpha value is -1.22. The zero-order chi connectivity index (χ0) is 21.1. The molecule has 0 saturated carbocycles. The van der Waals surface area contributed by atoms with Crippen LogP contribution in [0.5, 0.6) is 0 Å². The second-order valence-electron chi connectivity index (χ2n) is 6.97. The third-order valence-corrected chi connectivity index (χ3v) is 7.12. The van der Waals surface area contributed by atoms with Gasteiger partial charge in [0.1, 0.15) is 5.52 Å². The Morgan fingerprint density at radius 2 is 2.00 bits per heavy atom. The second kappa shape index (κ2) is 9.94. The van der Waals surface area contributed by atoms with Crippen LogP contribution in [0.3, 0.4) is 0 Å². The molecule has 3 aromatic rings. The molecule has 30 heavy (non-hydrogen) atoms. The molecular formula is C21H20BrCl2N3O2S. The van der Waals surface area contributed by atoms with Gasteiger partial charge in [-0.2, -0.15) is 0 Å². The van der Waals surface area contributed by atoms with Crippen molar-refractivity contribution in [1.29, 1.82) is 0 Å². The number of aromatic nitrogens is 1. The van der Waals surface area contributed by atoms with Gasteiger partial charge in [0.15, 0.2) is 5.13 Å². The van der Waals surface area contributed by atoms with Crippen LogP contribution in [0.15, 0.2) is 40.9 Å². The predicted molar refractivity (Wildman–Crippen MR) is 127 cm³/mol. The van der Waals surface area contributed by atoms with E-state index in [1.807, 2.05) is 24.3 Å². The number of morpholine rings is 1. The number of anilines is 1. The lowest BCUT2D eigenvalue weighted by Gasteiger charge is -2.28. The minimum absolute atomic E-state index is 0.168. The molecule has 5 nitrogen and oxygen atoms in total. The maximum absolute atomic E-state index is 13.5. The van der Waals surface area contributed by atoms with Crippen LogP contribution in [0, 0.1) is 0 Å². The van der Waals surface area contributed by atoms with Crippen molar-refractivity contribution >= 4 is 71.7 Å². The van der Waals surface area contributed by atoms with Crippen LogP contribution in [0.4, 0.5) is 5.13 Å². The van der Waals surface area contributed by atoms with Crippen LogP contribution in [-0.2, 0) is 4.74 Å². The summed E-state index contributed by atoms with van der Waals surface area (Å²) >= 11 is 17.6. The summed E-state index contributed by atoms with van der Waals surface area (Å²) in [5.41, 5.74) is 1.16. The Kier molecular flexibility index (Phi) is 7.28. The molecule has 4 rings (SSSR count). The minimum Gasteiger partial charge on any atom is -0.379 e. The third kappa shape index (κ3) is 4.98. The third-order valence-electron chi connectivity index (χ3n) is 4.95. The number of hydrogen-bond donors (Lipinski definition) is 0. The lowest BCUT2D eigenvalue weighted by Crippen LogP contribution is -2.39. The van der Waals surface area contributed by atoms with E-state index >= 15 is 0 Å². The molecule has 0 N–H and O–H groups in total. The van der Waals surface area contributed by atoms with Crippen molar-refractivity contribution in [3.63, 3.8) is 0 Å². The number of hydrogen-bond acceptors (Lipinski definition) is 5. The molecule has 2 aromatic carbocycles. The second-order valence-corrected chi connectivity index (χ2v) is 9.71. The molecule has 2 heterocycles. The fourth-order valence-corrected chi connectivity index (χ4v) is 5.24. The molecule has 1 saturated heterocycles. The number of para-hydroxylation sites is 1. The summed E-state index contributed by atoms with van der Waals surface area (Å²) < 4.78 is 7.17. The Morgan fingerprint density at radius 1 is 1.20 bits per heavy atom. The summed E-state index contributed by atoms with van der Waals surface area (Å²) in [7, 11) is 0. The van der Waals surface area contributed by atoms with Crippen molar-refractivity contribution in [2.45, 2.75) is 6.42 Å². The number of carbonyl (C=O) groups is 1. The molecule has 1 aliphatic rings. The maximum Gasteiger partial charge on any atom is 0.261 e. The summed E-state index contributed by atoms with van der Waals surface area (Å²) in [5, 5.41) is 1.62. The van der Waals surface area contributed by atoms with Gasteiger partial charge in [-0.15, -0.1) is 0 Å². The highest BCUT2D eigenvalue weighted by atomic mass is 79.9. The Bertz CT molecular complexity index is 1060. The summed E-state index contributed by atoms with van der Waals surface area (Å²) in [6.07, 6.45) is 0.820. The Morgan fingerprint density at radius 3 is 2.77 bits per heavy atom. The van der Waals surface area contributed by atoms with Crippen LogP contribution >= 0.6 is 50.5 Å². The van der Waals surface area contributed by atoms with Crippen molar-refractivity contribution in [1.82, 2.24) is 9.88 Å². The molecule has 1 aromatic heterocycles. The van der Waals surface area contributed by atoms with Crippen molar-refractivity contribution < 1.29 is 9.53 Å². The van der Waals surface area contributed by atoms with Gasteiger partial charge in [0.2, 0.25) is 0 Å². The van der Waals surface area contributed by atoms with Gasteiger partial charge in [-0.25, -0.2) is 4.98 Å². The number of benzene rings is 2. The maximum atomic E-state index is 13.5. The molecule has 0 bridgehead atoms. The molecule has 0 atom stereocenters.